The molecule has 0 bridgehead atoms. The Bertz CT molecular complexity index is 373. The Morgan fingerprint density at radius 2 is 1.82 bits per heavy atom. The lowest BCUT2D eigenvalue weighted by atomic mass is 10.0. The molecule has 94 valence electrons. The fraction of sp³-hybridized carbons (Fsp3) is 0.462. The fourth-order valence-corrected chi connectivity index (χ4v) is 1.57. The fourth-order valence-electron chi connectivity index (χ4n) is 1.57. The van der Waals surface area contributed by atoms with Crippen molar-refractivity contribution in [3.05, 3.63) is 35.9 Å². The molecule has 0 radical (unpaired) electrons. The third kappa shape index (κ3) is 3.19. The Balaban J connectivity index is 3.04. The predicted octanol–water partition coefficient (Wildman–Crippen LogP) is 3.52. The number of hydrogen-bond acceptors (Lipinski definition) is 2. The molecule has 0 fully saturated rings. The third-order valence-corrected chi connectivity index (χ3v) is 2.40. The zero-order chi connectivity index (χ0) is 13.1. The minimum atomic E-state index is -1.51. The molecule has 0 aliphatic carbocycles. The number of alkyl halides is 1. The van der Waals surface area contributed by atoms with E-state index in [1.807, 2.05) is 0 Å². The quantitative estimate of drug-likeness (QED) is 0.739. The molecule has 1 aromatic rings. The van der Waals surface area contributed by atoms with Gasteiger partial charge in [0.25, 0.3) is 0 Å². The minimum absolute atomic E-state index is 0.438. The van der Waals surface area contributed by atoms with Crippen LogP contribution >= 0.6 is 0 Å². The highest BCUT2D eigenvalue weighted by molar-refractivity contribution is 5.68. The highest BCUT2D eigenvalue weighted by Gasteiger charge is 2.35. The van der Waals surface area contributed by atoms with Gasteiger partial charge in [-0.25, -0.2) is 9.18 Å². The summed E-state index contributed by atoms with van der Waals surface area (Å²) in [6, 6.07) is 8.56. The van der Waals surface area contributed by atoms with Gasteiger partial charge in [0.1, 0.15) is 0 Å². The number of methoxy groups -OCH3 is 1. The number of benzene rings is 1. The Morgan fingerprint density at radius 3 is 2.24 bits per heavy atom. The molecule has 1 amide bonds. The van der Waals surface area contributed by atoms with E-state index in [0.717, 1.165) is 4.90 Å². The first-order chi connectivity index (χ1) is 7.88. The summed E-state index contributed by atoms with van der Waals surface area (Å²) in [6.07, 6.45) is -2.18. The zero-order valence-electron chi connectivity index (χ0n) is 10.6. The smallest absolute Gasteiger partial charge is 0.412 e. The van der Waals surface area contributed by atoms with Gasteiger partial charge in [0.15, 0.2) is 0 Å². The second-order valence-electron chi connectivity index (χ2n) is 4.76. The molecule has 3 nitrogen and oxygen atoms in total. The number of carbonyl (C=O) groups excluding carboxylic acids is 1. The van der Waals surface area contributed by atoms with Crippen LogP contribution in [0.1, 0.15) is 32.6 Å². The van der Waals surface area contributed by atoms with Crippen LogP contribution in [0.4, 0.5) is 9.18 Å². The highest BCUT2D eigenvalue weighted by Crippen LogP contribution is 2.29. The van der Waals surface area contributed by atoms with E-state index in [9.17, 15) is 9.18 Å². The van der Waals surface area contributed by atoms with Crippen LogP contribution in [0.3, 0.4) is 0 Å². The van der Waals surface area contributed by atoms with Gasteiger partial charge in [-0.3, -0.25) is 4.90 Å². The average molecular weight is 239 g/mol. The molecule has 4 heteroatoms. The van der Waals surface area contributed by atoms with Gasteiger partial charge in [0, 0.05) is 11.1 Å². The second kappa shape index (κ2) is 5.17. The molecule has 1 aromatic carbocycles. The summed E-state index contributed by atoms with van der Waals surface area (Å²) in [5, 5.41) is 0. The van der Waals surface area contributed by atoms with Crippen LogP contribution in [-0.2, 0) is 4.74 Å². The summed E-state index contributed by atoms with van der Waals surface area (Å²) in [6.45, 7) is 5.29. The molecule has 0 spiro atoms. The normalized spacial score (nSPS) is 13.0. The molecule has 0 saturated carbocycles. The van der Waals surface area contributed by atoms with Crippen molar-refractivity contribution in [1.82, 2.24) is 4.90 Å². The first kappa shape index (κ1) is 13.5. The summed E-state index contributed by atoms with van der Waals surface area (Å²) in [5.74, 6) is 0. The molecule has 0 aliphatic rings. The second-order valence-corrected chi connectivity index (χ2v) is 4.76. The molecular formula is C13H18FNO2. The van der Waals surface area contributed by atoms with Crippen LogP contribution in [0.5, 0.6) is 0 Å². The van der Waals surface area contributed by atoms with E-state index < -0.39 is 17.9 Å². The van der Waals surface area contributed by atoms with Gasteiger partial charge in [-0.1, -0.05) is 30.3 Å². The number of halogens is 1. The summed E-state index contributed by atoms with van der Waals surface area (Å²) in [7, 11) is 1.25. The highest BCUT2D eigenvalue weighted by atomic mass is 19.1. The molecule has 0 aromatic heterocycles. The first-order valence-corrected chi connectivity index (χ1v) is 5.44. The average Bonchev–Trinajstić information content (AvgIpc) is 2.28. The van der Waals surface area contributed by atoms with Crippen LogP contribution in [0.15, 0.2) is 30.3 Å². The SMILES string of the molecule is COC(=O)N(C(F)c1ccccc1)C(C)(C)C. The van der Waals surface area contributed by atoms with E-state index in [2.05, 4.69) is 4.74 Å². The summed E-state index contributed by atoms with van der Waals surface area (Å²) >= 11 is 0. The summed E-state index contributed by atoms with van der Waals surface area (Å²) < 4.78 is 19.0. The largest absolute Gasteiger partial charge is 0.453 e. The van der Waals surface area contributed by atoms with Crippen molar-refractivity contribution in [1.29, 1.82) is 0 Å². The molecular weight excluding hydrogens is 221 g/mol. The van der Waals surface area contributed by atoms with Crippen molar-refractivity contribution in [2.24, 2.45) is 0 Å². The lowest BCUT2D eigenvalue weighted by Gasteiger charge is -2.36. The Kier molecular flexibility index (Phi) is 4.10. The van der Waals surface area contributed by atoms with E-state index >= 15 is 0 Å². The van der Waals surface area contributed by atoms with Crippen LogP contribution < -0.4 is 0 Å². The zero-order valence-corrected chi connectivity index (χ0v) is 10.6. The standard InChI is InChI=1S/C13H18FNO2/c1-13(2,3)15(12(16)17-4)11(14)10-8-6-5-7-9-10/h5-9,11H,1-4H3. The Labute approximate surface area is 101 Å². The van der Waals surface area contributed by atoms with Crippen LogP contribution in [0.25, 0.3) is 0 Å². The van der Waals surface area contributed by atoms with E-state index in [-0.39, 0.29) is 0 Å². The maximum Gasteiger partial charge on any atom is 0.412 e. The summed E-state index contributed by atoms with van der Waals surface area (Å²) in [4.78, 5) is 12.7. The molecule has 17 heavy (non-hydrogen) atoms. The maximum atomic E-state index is 14.4. The number of hydrogen-bond donors (Lipinski definition) is 0. The molecule has 0 aliphatic heterocycles. The van der Waals surface area contributed by atoms with Crippen molar-refractivity contribution in [3.63, 3.8) is 0 Å². The van der Waals surface area contributed by atoms with Crippen molar-refractivity contribution in [3.8, 4) is 0 Å². The number of nitrogens with zero attached hydrogens (tertiary/aromatic N) is 1. The van der Waals surface area contributed by atoms with Crippen LogP contribution in [-0.4, -0.2) is 23.6 Å². The van der Waals surface area contributed by atoms with Gasteiger partial charge < -0.3 is 4.74 Å². The molecule has 0 N–H and O–H groups in total. The van der Waals surface area contributed by atoms with Gasteiger partial charge >= 0.3 is 6.09 Å². The number of carbonyl (C=O) groups is 1. The van der Waals surface area contributed by atoms with Crippen molar-refractivity contribution < 1.29 is 13.9 Å². The van der Waals surface area contributed by atoms with Crippen LogP contribution in [0, 0.1) is 0 Å². The van der Waals surface area contributed by atoms with Gasteiger partial charge in [0.2, 0.25) is 6.30 Å². The van der Waals surface area contributed by atoms with E-state index in [4.69, 9.17) is 0 Å². The van der Waals surface area contributed by atoms with Crippen LogP contribution in [0.2, 0.25) is 0 Å². The van der Waals surface area contributed by atoms with Gasteiger partial charge in [0.05, 0.1) is 7.11 Å². The van der Waals surface area contributed by atoms with E-state index in [1.165, 1.54) is 7.11 Å². The first-order valence-electron chi connectivity index (χ1n) is 5.44. The third-order valence-electron chi connectivity index (χ3n) is 2.40. The maximum absolute atomic E-state index is 14.4. The van der Waals surface area contributed by atoms with Crippen molar-refractivity contribution in [2.75, 3.05) is 7.11 Å². The molecule has 1 atom stereocenters. The minimum Gasteiger partial charge on any atom is -0.453 e. The monoisotopic (exact) mass is 239 g/mol. The molecule has 0 heterocycles. The van der Waals surface area contributed by atoms with Gasteiger partial charge in [-0.05, 0) is 20.8 Å². The topological polar surface area (TPSA) is 29.5 Å². The predicted molar refractivity (Wildman–Crippen MR) is 64.3 cm³/mol. The van der Waals surface area contributed by atoms with Crippen molar-refractivity contribution in [2.45, 2.75) is 32.6 Å². The Hall–Kier alpha value is -1.58. The number of ether oxygens (including phenoxy) is 1. The lowest BCUT2D eigenvalue weighted by molar-refractivity contribution is 0.00710. The lowest BCUT2D eigenvalue weighted by Crippen LogP contribution is -2.46. The van der Waals surface area contributed by atoms with E-state index in [1.54, 1.807) is 51.1 Å². The van der Waals surface area contributed by atoms with Gasteiger partial charge in [-0.2, -0.15) is 0 Å². The van der Waals surface area contributed by atoms with E-state index in [0.29, 0.717) is 5.56 Å². The van der Waals surface area contributed by atoms with Gasteiger partial charge in [-0.15, -0.1) is 0 Å². The molecule has 0 saturated heterocycles. The molecule has 1 unspecified atom stereocenters. The number of amides is 1. The summed E-state index contributed by atoms with van der Waals surface area (Å²) in [5.41, 5.74) is -0.213. The molecule has 1 rings (SSSR count). The van der Waals surface area contributed by atoms with Crippen molar-refractivity contribution >= 4 is 6.09 Å². The number of rotatable bonds is 2. The Morgan fingerprint density at radius 1 is 1.29 bits per heavy atom.